The zero-order chi connectivity index (χ0) is 29.9. The van der Waals surface area contributed by atoms with Crippen molar-refractivity contribution in [3.05, 3.63) is 52.0 Å². The van der Waals surface area contributed by atoms with E-state index in [1.807, 2.05) is 0 Å². The van der Waals surface area contributed by atoms with E-state index in [1.165, 1.54) is 23.9 Å². The van der Waals surface area contributed by atoms with E-state index in [0.29, 0.717) is 47.6 Å². The van der Waals surface area contributed by atoms with Gasteiger partial charge in [0, 0.05) is 69.0 Å². The third-order valence-corrected chi connectivity index (χ3v) is 8.05. The lowest BCUT2D eigenvalue weighted by Gasteiger charge is -2.37. The number of aromatic nitrogens is 2. The smallest absolute Gasteiger partial charge is 0.317 e. The van der Waals surface area contributed by atoms with Crippen LogP contribution in [0.25, 0.3) is 5.57 Å². The third kappa shape index (κ3) is 6.66. The van der Waals surface area contributed by atoms with Crippen LogP contribution in [0.3, 0.4) is 0 Å². The Morgan fingerprint density at radius 1 is 1.15 bits per heavy atom. The Morgan fingerprint density at radius 3 is 2.34 bits per heavy atom. The Morgan fingerprint density at radius 2 is 1.80 bits per heavy atom. The number of hydrogen-bond acceptors (Lipinski definition) is 5. The van der Waals surface area contributed by atoms with E-state index in [9.17, 15) is 23.2 Å². The maximum atomic E-state index is 14.1. The number of alkyl halides is 2. The highest BCUT2D eigenvalue weighted by atomic mass is 79.9. The average molecular weight is 635 g/mol. The van der Waals surface area contributed by atoms with Crippen LogP contribution in [0, 0.1) is 0 Å². The first kappa shape index (κ1) is 30.4. The quantitative estimate of drug-likeness (QED) is 0.435. The number of imidazole rings is 1. The van der Waals surface area contributed by atoms with Crippen molar-refractivity contribution in [1.82, 2.24) is 24.7 Å². The number of anilines is 1. The minimum atomic E-state index is -3.17. The third-order valence-electron chi connectivity index (χ3n) is 7.39. The minimum absolute atomic E-state index is 0.0183. The molecule has 0 unspecified atom stereocenters. The molecule has 2 N–H and O–H groups in total. The van der Waals surface area contributed by atoms with E-state index in [-0.39, 0.29) is 29.4 Å². The van der Waals surface area contributed by atoms with Gasteiger partial charge >= 0.3 is 6.03 Å². The van der Waals surface area contributed by atoms with Gasteiger partial charge in [-0.15, -0.1) is 0 Å². The van der Waals surface area contributed by atoms with Crippen molar-refractivity contribution in [2.24, 2.45) is 12.0 Å². The molecule has 13 heteroatoms. The topological polar surface area (TPSA) is 112 Å². The van der Waals surface area contributed by atoms with Gasteiger partial charge in [-0.1, -0.05) is 6.08 Å². The Hall–Kier alpha value is -3.61. The summed E-state index contributed by atoms with van der Waals surface area (Å²) in [6.07, 6.45) is 6.04. The van der Waals surface area contributed by atoms with Crippen LogP contribution >= 0.6 is 15.9 Å². The fourth-order valence-corrected chi connectivity index (χ4v) is 5.43. The highest BCUT2D eigenvalue weighted by Gasteiger charge is 2.34. The summed E-state index contributed by atoms with van der Waals surface area (Å²) in [6, 6.07) is 5.03. The fraction of sp³-hybridized carbons (Fsp3) is 0.464. The molecule has 1 aromatic heterocycles. The lowest BCUT2D eigenvalue weighted by atomic mass is 9.93. The number of nitrogens with one attached hydrogen (secondary N) is 2. The Labute approximate surface area is 246 Å². The number of hydrogen-bond donors (Lipinski definition) is 2. The molecule has 2 aliphatic rings. The van der Waals surface area contributed by atoms with Gasteiger partial charge in [-0.05, 0) is 60.3 Å². The predicted octanol–water partition coefficient (Wildman–Crippen LogP) is 4.58. The molecule has 4 rings (SSSR count). The fourth-order valence-electron chi connectivity index (χ4n) is 4.88. The number of nitrogens with zero attached hydrogens (tertiary/aromatic N) is 5. The summed E-state index contributed by atoms with van der Waals surface area (Å²) in [5.74, 6) is -3.88. The van der Waals surface area contributed by atoms with Crippen molar-refractivity contribution >= 4 is 50.7 Å². The second kappa shape index (κ2) is 12.5. The molecule has 0 bridgehead atoms. The second-order valence-electron chi connectivity index (χ2n) is 10.2. The van der Waals surface area contributed by atoms with Crippen molar-refractivity contribution in [3.8, 4) is 0 Å². The summed E-state index contributed by atoms with van der Waals surface area (Å²) >= 11 is 3.44. The molecule has 4 amide bonds. The zero-order valence-electron chi connectivity index (χ0n) is 23.5. The van der Waals surface area contributed by atoms with Gasteiger partial charge in [-0.25, -0.2) is 9.78 Å². The normalized spacial score (nSPS) is 16.9. The van der Waals surface area contributed by atoms with Gasteiger partial charge in [0.2, 0.25) is 0 Å². The number of carbonyl (C=O) groups excluding carboxylic acids is 3. The number of carbonyl (C=O) groups is 3. The predicted molar refractivity (Wildman–Crippen MR) is 157 cm³/mol. The maximum absolute atomic E-state index is 14.1. The highest BCUT2D eigenvalue weighted by Crippen LogP contribution is 2.28. The largest absolute Gasteiger partial charge is 0.335 e. The minimum Gasteiger partial charge on any atom is -0.335 e. The average Bonchev–Trinajstić information content (AvgIpc) is 3.29. The van der Waals surface area contributed by atoms with Crippen molar-refractivity contribution in [2.45, 2.75) is 45.1 Å². The van der Waals surface area contributed by atoms with Gasteiger partial charge in [-0.3, -0.25) is 14.6 Å². The molecule has 220 valence electrons. The molecular formula is C28H34BrF2N7O3. The van der Waals surface area contributed by atoms with Gasteiger partial charge < -0.3 is 25.0 Å². The number of aliphatic imine (C=N–C) groups is 1. The molecule has 1 aliphatic carbocycles. The maximum Gasteiger partial charge on any atom is 0.317 e. The lowest BCUT2D eigenvalue weighted by Crippen LogP contribution is -2.55. The number of rotatable bonds is 7. The second-order valence-corrected chi connectivity index (χ2v) is 11.0. The standard InChI is InChI=1S/C28H34BrF2N7O3/c1-5-19(23(32-3)28(2,30)31)22-16-33-24(36(22)4)25(39)34-18-9-10-20(21(29)15-18)26(40)37-11-13-38(14-12-37)27(41)35-17-7-6-8-17/h5,9-10,15-17H,6-8,11-14H2,1-4H3,(H,34,39)(H,35,41)/b19-5-,32-23?. The van der Waals surface area contributed by atoms with E-state index in [1.54, 1.807) is 42.0 Å². The van der Waals surface area contributed by atoms with E-state index >= 15 is 0 Å². The van der Waals surface area contributed by atoms with Gasteiger partial charge in [0.25, 0.3) is 17.7 Å². The summed E-state index contributed by atoms with van der Waals surface area (Å²) < 4.78 is 30.2. The molecule has 2 aromatic rings. The monoisotopic (exact) mass is 633 g/mol. The number of allylic oxidation sites excluding steroid dienone is 2. The first-order valence-corrected chi connectivity index (χ1v) is 14.2. The molecule has 2 heterocycles. The number of piperazine rings is 1. The number of urea groups is 1. The van der Waals surface area contributed by atoms with Gasteiger partial charge in [0.05, 0.1) is 17.5 Å². The van der Waals surface area contributed by atoms with Crippen LogP contribution in [0.15, 0.2) is 39.9 Å². The zero-order valence-corrected chi connectivity index (χ0v) is 25.1. The van der Waals surface area contributed by atoms with Crippen LogP contribution in [-0.2, 0) is 7.05 Å². The SMILES string of the molecule is C/C=C(\C(=NC)C(C)(F)F)c1cnc(C(=O)Nc2ccc(C(=O)N3CCN(C(=O)NC4CCC4)CC3)c(Br)c2)n1C. The van der Waals surface area contributed by atoms with E-state index < -0.39 is 17.5 Å². The first-order valence-electron chi connectivity index (χ1n) is 13.4. The van der Waals surface area contributed by atoms with Crippen LogP contribution in [-0.4, -0.2) is 88.1 Å². The summed E-state index contributed by atoms with van der Waals surface area (Å²) in [5.41, 5.74) is 0.946. The van der Waals surface area contributed by atoms with E-state index in [4.69, 9.17) is 0 Å². The van der Waals surface area contributed by atoms with Crippen molar-refractivity contribution in [1.29, 1.82) is 0 Å². The summed E-state index contributed by atoms with van der Waals surface area (Å²) in [5, 5.41) is 5.78. The summed E-state index contributed by atoms with van der Waals surface area (Å²) in [4.78, 5) is 50.0. The van der Waals surface area contributed by atoms with Gasteiger partial charge in [0.15, 0.2) is 5.82 Å². The molecule has 10 nitrogen and oxygen atoms in total. The Bertz CT molecular complexity index is 1390. The van der Waals surface area contributed by atoms with Gasteiger partial charge in [0.1, 0.15) is 5.71 Å². The Kier molecular flexibility index (Phi) is 9.25. The molecule has 1 aromatic carbocycles. The molecule has 1 saturated heterocycles. The molecule has 0 atom stereocenters. The van der Waals surface area contributed by atoms with Crippen molar-refractivity contribution in [2.75, 3.05) is 38.5 Å². The van der Waals surface area contributed by atoms with E-state index in [0.717, 1.165) is 26.2 Å². The van der Waals surface area contributed by atoms with Gasteiger partial charge in [-0.2, -0.15) is 8.78 Å². The molecule has 41 heavy (non-hydrogen) atoms. The number of benzene rings is 1. The summed E-state index contributed by atoms with van der Waals surface area (Å²) in [7, 11) is 2.86. The molecular weight excluding hydrogens is 600 g/mol. The van der Waals surface area contributed by atoms with E-state index in [2.05, 4.69) is 36.5 Å². The molecule has 0 spiro atoms. The van der Waals surface area contributed by atoms with Crippen molar-refractivity contribution < 1.29 is 23.2 Å². The lowest BCUT2D eigenvalue weighted by molar-refractivity contribution is 0.0660. The van der Waals surface area contributed by atoms with Crippen LogP contribution in [0.2, 0.25) is 0 Å². The highest BCUT2D eigenvalue weighted by molar-refractivity contribution is 9.10. The number of halogens is 3. The molecule has 1 saturated carbocycles. The van der Waals surface area contributed by atoms with Crippen LogP contribution in [0.5, 0.6) is 0 Å². The summed E-state index contributed by atoms with van der Waals surface area (Å²) in [6.45, 7) is 4.14. The molecule has 0 radical (unpaired) electrons. The molecule has 1 aliphatic heterocycles. The first-order chi connectivity index (χ1) is 19.4. The number of amides is 4. The van der Waals surface area contributed by atoms with Crippen LogP contribution < -0.4 is 10.6 Å². The molecule has 2 fully saturated rings. The van der Waals surface area contributed by atoms with Crippen molar-refractivity contribution in [3.63, 3.8) is 0 Å². The van der Waals surface area contributed by atoms with Crippen LogP contribution in [0.4, 0.5) is 19.3 Å². The Balaban J connectivity index is 1.40. The van der Waals surface area contributed by atoms with Crippen LogP contribution in [0.1, 0.15) is 59.8 Å².